The molecule has 2 amide bonds. The van der Waals surface area contributed by atoms with E-state index < -0.39 is 0 Å². The van der Waals surface area contributed by atoms with Crippen LogP contribution < -0.4 is 5.32 Å². The first kappa shape index (κ1) is 17.7. The Bertz CT molecular complexity index is 828. The third-order valence-electron chi connectivity index (χ3n) is 5.73. The topological polar surface area (TPSA) is 80.1 Å². The van der Waals surface area contributed by atoms with Crippen LogP contribution in [0.4, 0.5) is 0 Å². The number of amides is 2. The standard InChI is InChI=1S/C20H25N5O2/c1-15-22-8-9-24(15)14-20(4-5-20)13-23-19(27)17-10-18(26)25(12-17)11-16-2-6-21-7-3-16/h2-3,6-9,17H,4-5,10-14H2,1H3,(H,23,27)/t17-/m0/s1. The maximum atomic E-state index is 12.6. The van der Waals surface area contributed by atoms with E-state index in [4.69, 9.17) is 0 Å². The number of imidazole rings is 1. The summed E-state index contributed by atoms with van der Waals surface area (Å²) in [6, 6.07) is 3.80. The summed E-state index contributed by atoms with van der Waals surface area (Å²) < 4.78 is 2.15. The van der Waals surface area contributed by atoms with Gasteiger partial charge in [0.1, 0.15) is 5.82 Å². The molecule has 1 atom stereocenters. The van der Waals surface area contributed by atoms with E-state index in [0.29, 0.717) is 26.1 Å². The minimum Gasteiger partial charge on any atom is -0.355 e. The Kier molecular flexibility index (Phi) is 4.68. The second-order valence-corrected chi connectivity index (χ2v) is 7.85. The molecule has 0 aromatic carbocycles. The van der Waals surface area contributed by atoms with Gasteiger partial charge in [-0.15, -0.1) is 0 Å². The van der Waals surface area contributed by atoms with Crippen molar-refractivity contribution in [2.45, 2.75) is 39.3 Å². The van der Waals surface area contributed by atoms with E-state index >= 15 is 0 Å². The highest BCUT2D eigenvalue weighted by Crippen LogP contribution is 2.46. The number of carbonyl (C=O) groups is 2. The lowest BCUT2D eigenvalue weighted by Gasteiger charge is -2.20. The van der Waals surface area contributed by atoms with Gasteiger partial charge in [0.05, 0.1) is 5.92 Å². The first-order valence-electron chi connectivity index (χ1n) is 9.47. The summed E-state index contributed by atoms with van der Waals surface area (Å²) >= 11 is 0. The second kappa shape index (κ2) is 7.13. The highest BCUT2D eigenvalue weighted by molar-refractivity contribution is 5.89. The summed E-state index contributed by atoms with van der Waals surface area (Å²) in [6.45, 7) is 4.57. The smallest absolute Gasteiger partial charge is 0.225 e. The molecule has 2 aromatic heterocycles. The fourth-order valence-corrected chi connectivity index (χ4v) is 3.73. The first-order valence-corrected chi connectivity index (χ1v) is 9.47. The van der Waals surface area contributed by atoms with Crippen molar-refractivity contribution in [3.63, 3.8) is 0 Å². The van der Waals surface area contributed by atoms with Crippen LogP contribution in [-0.2, 0) is 22.7 Å². The maximum absolute atomic E-state index is 12.6. The molecule has 4 rings (SSSR count). The number of rotatable bonds is 7. The zero-order valence-electron chi connectivity index (χ0n) is 15.6. The molecular weight excluding hydrogens is 342 g/mol. The van der Waals surface area contributed by atoms with Crippen molar-refractivity contribution in [2.24, 2.45) is 11.3 Å². The molecule has 0 unspecified atom stereocenters. The van der Waals surface area contributed by atoms with Crippen molar-refractivity contribution in [3.8, 4) is 0 Å². The molecule has 1 aliphatic carbocycles. The molecule has 1 saturated heterocycles. The number of carbonyl (C=O) groups excluding carboxylic acids is 2. The number of aryl methyl sites for hydroxylation is 1. The molecular formula is C20H25N5O2. The number of likely N-dealkylation sites (tertiary alicyclic amines) is 1. The zero-order chi connectivity index (χ0) is 18.9. The average molecular weight is 367 g/mol. The lowest BCUT2D eigenvalue weighted by atomic mass is 10.1. The van der Waals surface area contributed by atoms with Gasteiger partial charge < -0.3 is 14.8 Å². The number of hydrogen-bond donors (Lipinski definition) is 1. The van der Waals surface area contributed by atoms with Gasteiger partial charge in [-0.1, -0.05) is 0 Å². The molecule has 1 saturated carbocycles. The summed E-state index contributed by atoms with van der Waals surface area (Å²) in [5.74, 6) is 0.780. The fourth-order valence-electron chi connectivity index (χ4n) is 3.73. The quantitative estimate of drug-likeness (QED) is 0.805. The lowest BCUT2D eigenvalue weighted by Crippen LogP contribution is -2.37. The normalized spacial score (nSPS) is 20.7. The predicted molar refractivity (Wildman–Crippen MR) is 99.4 cm³/mol. The highest BCUT2D eigenvalue weighted by Gasteiger charge is 2.44. The van der Waals surface area contributed by atoms with Gasteiger partial charge in [0, 0.05) is 62.8 Å². The zero-order valence-corrected chi connectivity index (χ0v) is 15.6. The van der Waals surface area contributed by atoms with Gasteiger partial charge in [0.15, 0.2) is 0 Å². The number of aromatic nitrogens is 3. The number of pyridine rings is 1. The van der Waals surface area contributed by atoms with Gasteiger partial charge in [-0.05, 0) is 37.5 Å². The van der Waals surface area contributed by atoms with E-state index in [1.807, 2.05) is 31.5 Å². The van der Waals surface area contributed by atoms with Crippen molar-refractivity contribution in [2.75, 3.05) is 13.1 Å². The molecule has 2 aliphatic rings. The number of nitrogens with zero attached hydrogens (tertiary/aromatic N) is 4. The number of hydrogen-bond acceptors (Lipinski definition) is 4. The van der Waals surface area contributed by atoms with Crippen LogP contribution in [0.25, 0.3) is 0 Å². The molecule has 7 heteroatoms. The molecule has 0 spiro atoms. The Morgan fingerprint density at radius 3 is 2.74 bits per heavy atom. The molecule has 1 aliphatic heterocycles. The molecule has 0 radical (unpaired) electrons. The Labute approximate surface area is 158 Å². The van der Waals surface area contributed by atoms with E-state index in [1.165, 1.54) is 0 Å². The summed E-state index contributed by atoms with van der Waals surface area (Å²) in [6.07, 6.45) is 9.76. The minimum absolute atomic E-state index is 0.00536. The molecule has 7 nitrogen and oxygen atoms in total. The van der Waals surface area contributed by atoms with Crippen LogP contribution in [0.3, 0.4) is 0 Å². The Hall–Kier alpha value is -2.70. The fraction of sp³-hybridized carbons (Fsp3) is 0.500. The first-order chi connectivity index (χ1) is 13.0. The summed E-state index contributed by atoms with van der Waals surface area (Å²) in [7, 11) is 0. The maximum Gasteiger partial charge on any atom is 0.225 e. The SMILES string of the molecule is Cc1nccn1CC1(CNC(=O)[C@H]2CC(=O)N(Cc3ccncc3)C2)CC1. The molecule has 1 N–H and O–H groups in total. The van der Waals surface area contributed by atoms with Crippen LogP contribution in [0.15, 0.2) is 36.9 Å². The third kappa shape index (κ3) is 4.02. The molecule has 27 heavy (non-hydrogen) atoms. The van der Waals surface area contributed by atoms with Crippen LogP contribution in [0.5, 0.6) is 0 Å². The van der Waals surface area contributed by atoms with E-state index in [0.717, 1.165) is 30.8 Å². The van der Waals surface area contributed by atoms with Crippen molar-refractivity contribution in [3.05, 3.63) is 48.3 Å². The summed E-state index contributed by atoms with van der Waals surface area (Å²) in [4.78, 5) is 34.9. The molecule has 2 aromatic rings. The van der Waals surface area contributed by atoms with E-state index in [9.17, 15) is 9.59 Å². The van der Waals surface area contributed by atoms with E-state index in [1.54, 1.807) is 17.3 Å². The third-order valence-corrected chi connectivity index (χ3v) is 5.73. The van der Waals surface area contributed by atoms with Crippen molar-refractivity contribution >= 4 is 11.8 Å². The molecule has 0 bridgehead atoms. The minimum atomic E-state index is -0.259. The van der Waals surface area contributed by atoms with Crippen LogP contribution in [0.1, 0.15) is 30.7 Å². The van der Waals surface area contributed by atoms with Crippen molar-refractivity contribution in [1.29, 1.82) is 0 Å². The van der Waals surface area contributed by atoms with Crippen LogP contribution >= 0.6 is 0 Å². The molecule has 2 fully saturated rings. The van der Waals surface area contributed by atoms with Gasteiger partial charge in [0.2, 0.25) is 11.8 Å². The molecule has 142 valence electrons. The Balaban J connectivity index is 1.29. The van der Waals surface area contributed by atoms with E-state index in [-0.39, 0.29) is 23.1 Å². The second-order valence-electron chi connectivity index (χ2n) is 7.85. The van der Waals surface area contributed by atoms with Gasteiger partial charge in [-0.3, -0.25) is 14.6 Å². The van der Waals surface area contributed by atoms with Crippen LogP contribution in [-0.4, -0.2) is 44.3 Å². The van der Waals surface area contributed by atoms with Crippen molar-refractivity contribution < 1.29 is 9.59 Å². The largest absolute Gasteiger partial charge is 0.355 e. The van der Waals surface area contributed by atoms with Gasteiger partial charge in [-0.2, -0.15) is 0 Å². The van der Waals surface area contributed by atoms with Crippen LogP contribution in [0.2, 0.25) is 0 Å². The monoisotopic (exact) mass is 367 g/mol. The van der Waals surface area contributed by atoms with Gasteiger partial charge >= 0.3 is 0 Å². The average Bonchev–Trinajstić information content (AvgIpc) is 3.18. The number of nitrogens with one attached hydrogen (secondary N) is 1. The Morgan fingerprint density at radius 1 is 1.30 bits per heavy atom. The van der Waals surface area contributed by atoms with E-state index in [2.05, 4.69) is 19.9 Å². The van der Waals surface area contributed by atoms with Gasteiger partial charge in [-0.25, -0.2) is 4.98 Å². The summed E-state index contributed by atoms with van der Waals surface area (Å²) in [5, 5.41) is 3.10. The van der Waals surface area contributed by atoms with Gasteiger partial charge in [0.25, 0.3) is 0 Å². The predicted octanol–water partition coefficient (Wildman–Crippen LogP) is 1.53. The molecule has 3 heterocycles. The summed E-state index contributed by atoms with van der Waals surface area (Å²) in [5.41, 5.74) is 1.17. The van der Waals surface area contributed by atoms with Crippen LogP contribution in [0, 0.1) is 18.3 Å². The Morgan fingerprint density at radius 2 is 2.07 bits per heavy atom. The highest BCUT2D eigenvalue weighted by atomic mass is 16.2. The lowest BCUT2D eigenvalue weighted by molar-refractivity contribution is -0.129. The van der Waals surface area contributed by atoms with Crippen molar-refractivity contribution in [1.82, 2.24) is 24.8 Å².